The summed E-state index contributed by atoms with van der Waals surface area (Å²) in [5.41, 5.74) is 1.34. The maximum absolute atomic E-state index is 11.9. The van der Waals surface area contributed by atoms with Gasteiger partial charge in [0, 0.05) is 6.42 Å². The van der Waals surface area contributed by atoms with Crippen LogP contribution in [0.1, 0.15) is 24.2 Å². The zero-order valence-corrected chi connectivity index (χ0v) is 7.37. The molecule has 0 aliphatic rings. The molecule has 0 bridgehead atoms. The van der Waals surface area contributed by atoms with Crippen molar-refractivity contribution in [3.8, 4) is 0 Å². The molecule has 1 unspecified atom stereocenters. The average Bonchev–Trinajstić information content (AvgIpc) is 2.04. The quantitative estimate of drug-likeness (QED) is 0.769. The molecule has 0 aliphatic heterocycles. The largest absolute Gasteiger partial charge is 0.389 e. The van der Waals surface area contributed by atoms with Crippen LogP contribution < -0.4 is 0 Å². The molecule has 0 radical (unpaired) electrons. The summed E-state index contributed by atoms with van der Waals surface area (Å²) in [6.45, 7) is 1.64. The molecule has 1 nitrogen and oxygen atoms in total. The first-order valence-electron chi connectivity index (χ1n) is 4.14. The van der Waals surface area contributed by atoms with Crippen molar-refractivity contribution >= 4 is 0 Å². The molecule has 1 rings (SSSR count). The fourth-order valence-corrected chi connectivity index (χ4v) is 1.11. The number of alkyl halides is 2. The monoisotopic (exact) mass is 186 g/mol. The molecule has 13 heavy (non-hydrogen) atoms. The van der Waals surface area contributed by atoms with Crippen LogP contribution in [0.4, 0.5) is 8.78 Å². The summed E-state index contributed by atoms with van der Waals surface area (Å²) in [4.78, 5) is 0. The van der Waals surface area contributed by atoms with Crippen LogP contribution >= 0.6 is 0 Å². The Kier molecular flexibility index (Phi) is 3.37. The van der Waals surface area contributed by atoms with E-state index >= 15 is 0 Å². The normalized spacial score (nSPS) is 13.3. The second-order valence-electron chi connectivity index (χ2n) is 3.01. The Hall–Kier alpha value is -0.960. The second-order valence-corrected chi connectivity index (χ2v) is 3.01. The van der Waals surface area contributed by atoms with Crippen LogP contribution in [0.3, 0.4) is 0 Å². The van der Waals surface area contributed by atoms with E-state index in [1.165, 1.54) is 0 Å². The molecule has 0 spiro atoms. The molecule has 1 aromatic rings. The number of benzene rings is 1. The van der Waals surface area contributed by atoms with E-state index in [0.717, 1.165) is 5.56 Å². The van der Waals surface area contributed by atoms with E-state index in [4.69, 9.17) is 5.11 Å². The zero-order valence-electron chi connectivity index (χ0n) is 7.37. The van der Waals surface area contributed by atoms with Gasteiger partial charge in [0.05, 0.1) is 6.10 Å². The van der Waals surface area contributed by atoms with E-state index in [2.05, 4.69) is 0 Å². The van der Waals surface area contributed by atoms with Gasteiger partial charge in [-0.2, -0.15) is 0 Å². The molecular weight excluding hydrogens is 174 g/mol. The summed E-state index contributed by atoms with van der Waals surface area (Å²) in [6.07, 6.45) is -3.07. The number of rotatable bonds is 3. The van der Waals surface area contributed by atoms with Crippen molar-refractivity contribution in [1.29, 1.82) is 0 Å². The molecule has 1 atom stereocenters. The summed E-state index contributed by atoms with van der Waals surface area (Å²) in [5.74, 6) is 0. The Morgan fingerprint density at radius 2 is 1.77 bits per heavy atom. The first-order valence-corrected chi connectivity index (χ1v) is 4.14. The van der Waals surface area contributed by atoms with E-state index in [1.807, 2.05) is 0 Å². The molecule has 0 heterocycles. The Morgan fingerprint density at radius 1 is 1.23 bits per heavy atom. The van der Waals surface area contributed by atoms with E-state index in [0.29, 0.717) is 5.56 Å². The van der Waals surface area contributed by atoms with Crippen molar-refractivity contribution in [3.05, 3.63) is 35.4 Å². The van der Waals surface area contributed by atoms with Crippen LogP contribution in [0.5, 0.6) is 0 Å². The molecule has 0 amide bonds. The highest BCUT2D eigenvalue weighted by Crippen LogP contribution is 2.14. The minimum Gasteiger partial charge on any atom is -0.389 e. The number of aliphatic hydroxyl groups excluding tert-OH is 1. The molecule has 0 fully saturated rings. The highest BCUT2D eigenvalue weighted by Gasteiger charge is 2.05. The van der Waals surface area contributed by atoms with Crippen LogP contribution in [0.2, 0.25) is 0 Å². The Morgan fingerprint density at radius 3 is 2.15 bits per heavy atom. The number of hydrogen-bond acceptors (Lipinski definition) is 1. The van der Waals surface area contributed by atoms with Crippen molar-refractivity contribution in [3.63, 3.8) is 0 Å². The minimum absolute atomic E-state index is 0.222. The van der Waals surface area contributed by atoms with E-state index < -0.39 is 12.5 Å². The van der Waals surface area contributed by atoms with Gasteiger partial charge in [-0.1, -0.05) is 24.3 Å². The minimum atomic E-state index is -2.31. The highest BCUT2D eigenvalue weighted by molar-refractivity contribution is 5.24. The van der Waals surface area contributed by atoms with Crippen molar-refractivity contribution in [2.45, 2.75) is 25.9 Å². The van der Waals surface area contributed by atoms with Crippen molar-refractivity contribution in [1.82, 2.24) is 0 Å². The fourth-order valence-electron chi connectivity index (χ4n) is 1.11. The Balaban J connectivity index is 2.70. The number of aliphatic hydroxyl groups is 1. The van der Waals surface area contributed by atoms with Gasteiger partial charge >= 0.3 is 0 Å². The number of hydrogen-bond donors (Lipinski definition) is 1. The van der Waals surface area contributed by atoms with Crippen LogP contribution in [0, 0.1) is 0 Å². The van der Waals surface area contributed by atoms with Gasteiger partial charge in [-0.15, -0.1) is 0 Å². The van der Waals surface area contributed by atoms with Gasteiger partial charge < -0.3 is 5.11 Å². The summed E-state index contributed by atoms with van der Waals surface area (Å²) < 4.78 is 23.9. The van der Waals surface area contributed by atoms with Crippen molar-refractivity contribution in [2.24, 2.45) is 0 Å². The Bertz CT molecular complexity index is 254. The van der Waals surface area contributed by atoms with Crippen LogP contribution in [-0.2, 0) is 6.42 Å². The maximum atomic E-state index is 11.9. The SMILES string of the molecule is CC(O)c1ccc(CC(F)F)cc1. The molecule has 0 saturated carbocycles. The van der Waals surface area contributed by atoms with E-state index in [-0.39, 0.29) is 6.42 Å². The Labute approximate surface area is 76.0 Å². The standard InChI is InChI=1S/C10H12F2O/c1-7(13)9-4-2-8(3-5-9)6-10(11)12/h2-5,7,10,13H,6H2,1H3. The predicted octanol–water partition coefficient (Wildman–Crippen LogP) is 2.55. The third-order valence-electron chi connectivity index (χ3n) is 1.85. The first kappa shape index (κ1) is 10.1. The third-order valence-corrected chi connectivity index (χ3v) is 1.85. The molecule has 0 saturated heterocycles. The lowest BCUT2D eigenvalue weighted by Crippen LogP contribution is -1.97. The molecule has 1 N–H and O–H groups in total. The summed E-state index contributed by atoms with van der Waals surface area (Å²) in [6, 6.07) is 6.58. The summed E-state index contributed by atoms with van der Waals surface area (Å²) in [7, 11) is 0. The average molecular weight is 186 g/mol. The van der Waals surface area contributed by atoms with Crippen molar-refractivity contribution in [2.75, 3.05) is 0 Å². The van der Waals surface area contributed by atoms with Gasteiger partial charge in [0.2, 0.25) is 6.43 Å². The topological polar surface area (TPSA) is 20.2 Å². The molecule has 3 heteroatoms. The second kappa shape index (κ2) is 4.33. The maximum Gasteiger partial charge on any atom is 0.242 e. The zero-order chi connectivity index (χ0) is 9.84. The fraction of sp³-hybridized carbons (Fsp3) is 0.400. The van der Waals surface area contributed by atoms with Gasteiger partial charge in [0.1, 0.15) is 0 Å². The van der Waals surface area contributed by atoms with Gasteiger partial charge in [-0.3, -0.25) is 0 Å². The lowest BCUT2D eigenvalue weighted by Gasteiger charge is -2.05. The van der Waals surface area contributed by atoms with Gasteiger partial charge in [0.15, 0.2) is 0 Å². The summed E-state index contributed by atoms with van der Waals surface area (Å²) >= 11 is 0. The molecule has 72 valence electrons. The number of halogens is 2. The smallest absolute Gasteiger partial charge is 0.242 e. The van der Waals surface area contributed by atoms with E-state index in [9.17, 15) is 8.78 Å². The van der Waals surface area contributed by atoms with E-state index in [1.54, 1.807) is 31.2 Å². The lowest BCUT2D eigenvalue weighted by molar-refractivity contribution is 0.149. The first-order chi connectivity index (χ1) is 6.09. The highest BCUT2D eigenvalue weighted by atomic mass is 19.3. The van der Waals surface area contributed by atoms with Gasteiger partial charge in [0.25, 0.3) is 0 Å². The van der Waals surface area contributed by atoms with Crippen LogP contribution in [0.15, 0.2) is 24.3 Å². The third kappa shape index (κ3) is 3.11. The molecule has 1 aromatic carbocycles. The molecular formula is C10H12F2O. The van der Waals surface area contributed by atoms with Gasteiger partial charge in [-0.05, 0) is 18.1 Å². The summed E-state index contributed by atoms with van der Waals surface area (Å²) in [5, 5.41) is 9.15. The predicted molar refractivity (Wildman–Crippen MR) is 46.8 cm³/mol. The molecule has 0 aliphatic carbocycles. The molecule has 0 aromatic heterocycles. The van der Waals surface area contributed by atoms with Crippen LogP contribution in [-0.4, -0.2) is 11.5 Å². The van der Waals surface area contributed by atoms with Crippen molar-refractivity contribution < 1.29 is 13.9 Å². The van der Waals surface area contributed by atoms with Gasteiger partial charge in [-0.25, -0.2) is 8.78 Å². The van der Waals surface area contributed by atoms with Crippen LogP contribution in [0.25, 0.3) is 0 Å². The lowest BCUT2D eigenvalue weighted by atomic mass is 10.1.